The molecule has 0 saturated carbocycles. The number of hydrogen-bond acceptors (Lipinski definition) is 1. The van der Waals surface area contributed by atoms with E-state index in [-0.39, 0.29) is 5.41 Å². The summed E-state index contributed by atoms with van der Waals surface area (Å²) in [6.45, 7) is 11.3. The summed E-state index contributed by atoms with van der Waals surface area (Å²) in [5.74, 6) is 0. The first-order valence-corrected chi connectivity index (χ1v) is 18.4. The zero-order valence-electron chi connectivity index (χ0n) is 30.5. The highest BCUT2D eigenvalue weighted by molar-refractivity contribution is 6.27. The average Bonchev–Trinajstić information content (AvgIpc) is 3.51. The van der Waals surface area contributed by atoms with Crippen molar-refractivity contribution in [1.82, 2.24) is 9.55 Å². The summed E-state index contributed by atoms with van der Waals surface area (Å²) in [5, 5.41) is 10.4. The minimum Gasteiger partial charge on any atom is -0.309 e. The number of nitrogens with zero attached hydrogens (tertiary/aromatic N) is 2. The van der Waals surface area contributed by atoms with Crippen LogP contribution in [0.15, 0.2) is 152 Å². The summed E-state index contributed by atoms with van der Waals surface area (Å²) >= 11 is 0. The van der Waals surface area contributed by atoms with Gasteiger partial charge in [0, 0.05) is 22.7 Å². The summed E-state index contributed by atoms with van der Waals surface area (Å²) < 4.78 is 2.42. The van der Waals surface area contributed by atoms with Gasteiger partial charge >= 0.3 is 0 Å². The fourth-order valence-corrected chi connectivity index (χ4v) is 8.17. The van der Waals surface area contributed by atoms with E-state index in [2.05, 4.69) is 184 Å². The van der Waals surface area contributed by atoms with Gasteiger partial charge in [-0.1, -0.05) is 131 Å². The maximum atomic E-state index is 4.61. The minimum absolute atomic E-state index is 0.0595. The fraction of sp³-hybridized carbons (Fsp3) is 0.140. The van der Waals surface area contributed by atoms with Gasteiger partial charge in [-0.25, -0.2) is 0 Å². The number of pyridine rings is 1. The molecule has 9 aromatic rings. The molecule has 0 aliphatic rings. The predicted octanol–water partition coefficient (Wildman–Crippen LogP) is 13.9. The Morgan fingerprint density at radius 3 is 1.96 bits per heavy atom. The summed E-state index contributed by atoms with van der Waals surface area (Å²) in [5.41, 5.74) is 12.2. The Kier molecular flexibility index (Phi) is 7.59. The van der Waals surface area contributed by atoms with Crippen molar-refractivity contribution in [3.8, 4) is 16.8 Å². The van der Waals surface area contributed by atoms with Gasteiger partial charge in [0.15, 0.2) is 0 Å². The molecule has 0 N–H and O–H groups in total. The van der Waals surface area contributed by atoms with Crippen LogP contribution in [0.1, 0.15) is 57.9 Å². The molecule has 2 heteroatoms. The van der Waals surface area contributed by atoms with Gasteiger partial charge < -0.3 is 4.57 Å². The first-order chi connectivity index (χ1) is 25.3. The van der Waals surface area contributed by atoms with Crippen molar-refractivity contribution in [3.05, 3.63) is 169 Å². The molecule has 2 nitrogen and oxygen atoms in total. The van der Waals surface area contributed by atoms with Crippen molar-refractivity contribution in [3.63, 3.8) is 0 Å². The molecule has 0 unspecified atom stereocenters. The average molecular weight is 671 g/mol. The molecule has 2 aromatic heterocycles. The molecule has 52 heavy (non-hydrogen) atoms. The molecule has 0 bridgehead atoms. The Balaban J connectivity index is 1.32. The van der Waals surface area contributed by atoms with E-state index in [1.165, 1.54) is 82.0 Å². The lowest BCUT2D eigenvalue weighted by Crippen LogP contribution is -2.10. The Hall–Kier alpha value is -5.99. The molecule has 0 aliphatic carbocycles. The maximum Gasteiger partial charge on any atom is 0.0658 e. The number of benzene rings is 7. The summed E-state index contributed by atoms with van der Waals surface area (Å²) in [6.07, 6.45) is 7.32. The van der Waals surface area contributed by atoms with Gasteiger partial charge in [-0.05, 0) is 127 Å². The lowest BCUT2D eigenvalue weighted by Gasteiger charge is -2.23. The van der Waals surface area contributed by atoms with Crippen LogP contribution in [0, 0.1) is 0 Å². The second kappa shape index (κ2) is 12.4. The van der Waals surface area contributed by atoms with Crippen LogP contribution in [0.4, 0.5) is 0 Å². The number of allylic oxidation sites excluding steroid dienone is 4. The Bertz CT molecular complexity index is 2790. The fourth-order valence-electron chi connectivity index (χ4n) is 8.17. The largest absolute Gasteiger partial charge is 0.309 e. The maximum absolute atomic E-state index is 4.61. The second-order valence-electron chi connectivity index (χ2n) is 15.2. The number of hydrogen-bond donors (Lipinski definition) is 0. The summed E-state index contributed by atoms with van der Waals surface area (Å²) in [4.78, 5) is 4.61. The van der Waals surface area contributed by atoms with E-state index >= 15 is 0 Å². The lowest BCUT2D eigenvalue weighted by atomic mass is 9.81. The minimum atomic E-state index is 0.0595. The number of fused-ring (bicyclic) bond motifs is 3. The highest BCUT2D eigenvalue weighted by Crippen LogP contribution is 2.45. The smallest absolute Gasteiger partial charge is 0.0658 e. The quantitative estimate of drug-likeness (QED) is 0.127. The molecule has 2 heterocycles. The standard InChI is InChI=1S/C50H42N2/c1-6-33(22-21-32(2)45-18-11-12-27-51-45)43-31-44(42-26-24-36-29-37(50(3,4)5)28-35-23-25-41(43)49(42)48(35)36)34-14-13-15-38(30-34)52-46-19-9-7-16-39(46)40-17-8-10-20-47(40)52/h7-31H,6H2,1-5H3/b32-21+,33-22+. The third-order valence-corrected chi connectivity index (χ3v) is 10.9. The first-order valence-electron chi connectivity index (χ1n) is 18.4. The SMILES string of the molecule is CC/C(=C\C=C(/C)c1ccccn1)c1cc(-c2cccc(-n3c4ccccc4c4ccccc43)c2)c2ccc3cc(C(C)(C)C)cc4ccc1c2c43. The van der Waals surface area contributed by atoms with E-state index in [1.807, 2.05) is 12.3 Å². The number of para-hydroxylation sites is 2. The van der Waals surface area contributed by atoms with Crippen LogP contribution in [-0.2, 0) is 5.41 Å². The van der Waals surface area contributed by atoms with E-state index in [0.29, 0.717) is 0 Å². The lowest BCUT2D eigenvalue weighted by molar-refractivity contribution is 0.591. The Morgan fingerprint density at radius 2 is 1.31 bits per heavy atom. The van der Waals surface area contributed by atoms with Gasteiger partial charge in [0.2, 0.25) is 0 Å². The van der Waals surface area contributed by atoms with E-state index in [9.17, 15) is 0 Å². The topological polar surface area (TPSA) is 17.8 Å². The van der Waals surface area contributed by atoms with Crippen molar-refractivity contribution < 1.29 is 0 Å². The van der Waals surface area contributed by atoms with E-state index in [0.717, 1.165) is 23.4 Å². The van der Waals surface area contributed by atoms with Crippen LogP contribution in [0.2, 0.25) is 0 Å². The molecular formula is C50H42N2. The van der Waals surface area contributed by atoms with Crippen LogP contribution in [0.3, 0.4) is 0 Å². The second-order valence-corrected chi connectivity index (χ2v) is 15.2. The predicted molar refractivity (Wildman–Crippen MR) is 225 cm³/mol. The zero-order valence-corrected chi connectivity index (χ0v) is 30.5. The van der Waals surface area contributed by atoms with Gasteiger partial charge in [0.05, 0.1) is 16.7 Å². The molecule has 0 spiro atoms. The summed E-state index contributed by atoms with van der Waals surface area (Å²) in [6, 6.07) is 49.4. The third-order valence-electron chi connectivity index (χ3n) is 10.9. The van der Waals surface area contributed by atoms with Crippen molar-refractivity contribution in [2.45, 2.75) is 46.5 Å². The number of aromatic nitrogens is 2. The zero-order chi connectivity index (χ0) is 35.6. The van der Waals surface area contributed by atoms with Crippen molar-refractivity contribution in [2.75, 3.05) is 0 Å². The molecule has 0 saturated heterocycles. The van der Waals surface area contributed by atoms with Crippen LogP contribution < -0.4 is 0 Å². The van der Waals surface area contributed by atoms with Gasteiger partial charge in [0.1, 0.15) is 0 Å². The summed E-state index contributed by atoms with van der Waals surface area (Å²) in [7, 11) is 0. The van der Waals surface area contributed by atoms with Gasteiger partial charge in [0.25, 0.3) is 0 Å². The molecule has 9 rings (SSSR count). The van der Waals surface area contributed by atoms with E-state index in [1.54, 1.807) is 0 Å². The van der Waals surface area contributed by atoms with E-state index in [4.69, 9.17) is 0 Å². The third kappa shape index (κ3) is 5.21. The van der Waals surface area contributed by atoms with Crippen LogP contribution in [-0.4, -0.2) is 9.55 Å². The van der Waals surface area contributed by atoms with Crippen molar-refractivity contribution in [1.29, 1.82) is 0 Å². The number of rotatable bonds is 6. The molecule has 0 radical (unpaired) electrons. The van der Waals surface area contributed by atoms with E-state index < -0.39 is 0 Å². The molecular weight excluding hydrogens is 629 g/mol. The molecule has 0 atom stereocenters. The van der Waals surface area contributed by atoms with Gasteiger partial charge in [-0.3, -0.25) is 4.98 Å². The van der Waals surface area contributed by atoms with Crippen molar-refractivity contribution >= 4 is 65.3 Å². The monoisotopic (exact) mass is 670 g/mol. The molecule has 252 valence electrons. The van der Waals surface area contributed by atoms with Gasteiger partial charge in [-0.2, -0.15) is 0 Å². The first kappa shape index (κ1) is 32.0. The van der Waals surface area contributed by atoms with Crippen LogP contribution in [0.25, 0.3) is 82.1 Å². The highest BCUT2D eigenvalue weighted by Gasteiger charge is 2.21. The molecule has 0 amide bonds. The Labute approximate surface area is 305 Å². The normalized spacial score (nSPS) is 13.0. The Morgan fingerprint density at radius 1 is 0.635 bits per heavy atom. The molecule has 0 aliphatic heterocycles. The highest BCUT2D eigenvalue weighted by atomic mass is 15.0. The van der Waals surface area contributed by atoms with Crippen LogP contribution in [0.5, 0.6) is 0 Å². The van der Waals surface area contributed by atoms with Crippen LogP contribution >= 0.6 is 0 Å². The van der Waals surface area contributed by atoms with Gasteiger partial charge in [-0.15, -0.1) is 0 Å². The molecule has 0 fully saturated rings. The van der Waals surface area contributed by atoms with Crippen molar-refractivity contribution in [2.24, 2.45) is 0 Å². The molecule has 7 aromatic carbocycles.